The Balaban J connectivity index is 1.60. The molecule has 0 aliphatic carbocycles. The minimum absolute atomic E-state index is 0.0380. The second kappa shape index (κ2) is 10.6. The Bertz CT molecular complexity index is 1050. The van der Waals surface area contributed by atoms with E-state index in [0.717, 1.165) is 17.8 Å². The predicted molar refractivity (Wildman–Crippen MR) is 118 cm³/mol. The Kier molecular flexibility index (Phi) is 7.86. The lowest BCUT2D eigenvalue weighted by molar-refractivity contribution is -0.137. The molecule has 1 amide bonds. The second-order valence-corrected chi connectivity index (χ2v) is 7.95. The van der Waals surface area contributed by atoms with Gasteiger partial charge in [0.2, 0.25) is 0 Å². The van der Waals surface area contributed by atoms with Crippen molar-refractivity contribution in [3.05, 3.63) is 77.2 Å². The summed E-state index contributed by atoms with van der Waals surface area (Å²) in [6, 6.07) is 12.1. The van der Waals surface area contributed by atoms with Gasteiger partial charge >= 0.3 is 6.18 Å². The highest BCUT2D eigenvalue weighted by Gasteiger charge is 2.31. The van der Waals surface area contributed by atoms with Crippen LogP contribution in [-0.2, 0) is 10.9 Å². The highest BCUT2D eigenvalue weighted by atomic mass is 19.4. The van der Waals surface area contributed by atoms with Crippen molar-refractivity contribution < 1.29 is 22.7 Å². The molecule has 0 saturated heterocycles. The maximum Gasteiger partial charge on any atom is 0.417 e. The zero-order chi connectivity index (χ0) is 24.0. The van der Waals surface area contributed by atoms with E-state index >= 15 is 0 Å². The summed E-state index contributed by atoms with van der Waals surface area (Å²) in [4.78, 5) is 16.6. The van der Waals surface area contributed by atoms with Gasteiger partial charge in [-0.05, 0) is 37.0 Å². The number of carbonyl (C=O) groups is 1. The molecule has 0 fully saturated rings. The standard InChI is InChI=1S/C24H27F3N4O2/c1-16(2)22-20(15-30-31(22)21-11-10-19(14-29-21)24(25,26)27)23(32)28-12-7-13-33-17(3)18-8-5-4-6-9-18/h4-6,8-11,14-17H,7,12-13H2,1-3H3,(H,28,32). The second-order valence-electron chi connectivity index (χ2n) is 7.95. The van der Waals surface area contributed by atoms with Crippen LogP contribution in [0.3, 0.4) is 0 Å². The number of hydrogen-bond acceptors (Lipinski definition) is 4. The number of halogens is 3. The molecule has 0 radical (unpaired) electrons. The van der Waals surface area contributed by atoms with Crippen LogP contribution in [0.1, 0.15) is 66.4 Å². The minimum Gasteiger partial charge on any atom is -0.374 e. The van der Waals surface area contributed by atoms with Gasteiger partial charge in [-0.15, -0.1) is 0 Å². The van der Waals surface area contributed by atoms with Crippen LogP contribution >= 0.6 is 0 Å². The quantitative estimate of drug-likeness (QED) is 0.440. The number of amides is 1. The average molecular weight is 461 g/mol. The molecule has 0 bridgehead atoms. The van der Waals surface area contributed by atoms with Crippen LogP contribution in [0.25, 0.3) is 5.82 Å². The molecule has 2 aromatic heterocycles. The lowest BCUT2D eigenvalue weighted by Gasteiger charge is -2.14. The molecule has 1 aromatic carbocycles. The SMILES string of the molecule is CC(C)c1c(C(=O)NCCCOC(C)c2ccccc2)cnn1-c1ccc(C(F)(F)F)cn1. The topological polar surface area (TPSA) is 69.0 Å². The van der Waals surface area contributed by atoms with Crippen LogP contribution in [0, 0.1) is 0 Å². The van der Waals surface area contributed by atoms with E-state index in [-0.39, 0.29) is 23.7 Å². The summed E-state index contributed by atoms with van der Waals surface area (Å²) in [7, 11) is 0. The fourth-order valence-electron chi connectivity index (χ4n) is 3.40. The van der Waals surface area contributed by atoms with Gasteiger partial charge < -0.3 is 10.1 Å². The van der Waals surface area contributed by atoms with Crippen LogP contribution in [-0.4, -0.2) is 33.8 Å². The van der Waals surface area contributed by atoms with Gasteiger partial charge in [-0.1, -0.05) is 44.2 Å². The number of carbonyl (C=O) groups excluding carboxylic acids is 1. The van der Waals surface area contributed by atoms with Gasteiger partial charge in [0.25, 0.3) is 5.91 Å². The van der Waals surface area contributed by atoms with E-state index in [1.807, 2.05) is 51.1 Å². The summed E-state index contributed by atoms with van der Waals surface area (Å²) < 4.78 is 45.7. The van der Waals surface area contributed by atoms with Crippen LogP contribution in [0.4, 0.5) is 13.2 Å². The molecule has 0 aliphatic heterocycles. The number of pyridine rings is 1. The molecule has 6 nitrogen and oxygen atoms in total. The fourth-order valence-corrected chi connectivity index (χ4v) is 3.40. The number of aromatic nitrogens is 3. The van der Waals surface area contributed by atoms with E-state index in [1.54, 1.807) is 0 Å². The zero-order valence-electron chi connectivity index (χ0n) is 18.8. The Morgan fingerprint density at radius 1 is 1.09 bits per heavy atom. The fraction of sp³-hybridized carbons (Fsp3) is 0.375. The number of alkyl halides is 3. The van der Waals surface area contributed by atoms with Crippen LogP contribution in [0.5, 0.6) is 0 Å². The van der Waals surface area contributed by atoms with Crippen molar-refractivity contribution in [3.8, 4) is 5.82 Å². The lowest BCUT2D eigenvalue weighted by Crippen LogP contribution is -2.26. The molecule has 0 aliphatic rings. The minimum atomic E-state index is -4.47. The molecule has 0 saturated carbocycles. The van der Waals surface area contributed by atoms with Gasteiger partial charge in [0.05, 0.1) is 29.1 Å². The normalized spacial score (nSPS) is 12.7. The van der Waals surface area contributed by atoms with Gasteiger partial charge in [0, 0.05) is 19.3 Å². The molecule has 33 heavy (non-hydrogen) atoms. The van der Waals surface area contributed by atoms with Crippen molar-refractivity contribution in [1.29, 1.82) is 0 Å². The smallest absolute Gasteiger partial charge is 0.374 e. The molecule has 2 heterocycles. The zero-order valence-corrected chi connectivity index (χ0v) is 18.8. The van der Waals surface area contributed by atoms with Gasteiger partial charge in [-0.3, -0.25) is 4.79 Å². The van der Waals surface area contributed by atoms with Crippen molar-refractivity contribution in [2.45, 2.75) is 45.4 Å². The van der Waals surface area contributed by atoms with Crippen LogP contribution in [0.15, 0.2) is 54.9 Å². The molecule has 176 valence electrons. The van der Waals surface area contributed by atoms with Crippen LogP contribution < -0.4 is 5.32 Å². The molecule has 1 N–H and O–H groups in total. The van der Waals surface area contributed by atoms with Crippen molar-refractivity contribution in [1.82, 2.24) is 20.1 Å². The van der Waals surface area contributed by atoms with E-state index in [9.17, 15) is 18.0 Å². The third kappa shape index (κ3) is 6.19. The van der Waals surface area contributed by atoms with E-state index in [2.05, 4.69) is 15.4 Å². The summed E-state index contributed by atoms with van der Waals surface area (Å²) in [5.74, 6) is -0.186. The molecule has 9 heteroatoms. The Labute approximate surface area is 190 Å². The molecule has 0 spiro atoms. The third-order valence-corrected chi connectivity index (χ3v) is 5.13. The monoisotopic (exact) mass is 460 g/mol. The lowest BCUT2D eigenvalue weighted by atomic mass is 10.1. The Morgan fingerprint density at radius 3 is 2.42 bits per heavy atom. The first-order chi connectivity index (χ1) is 15.7. The number of ether oxygens (including phenoxy) is 1. The number of hydrogen-bond donors (Lipinski definition) is 1. The Hall–Kier alpha value is -3.20. The maximum absolute atomic E-state index is 12.8. The van der Waals surface area contributed by atoms with Gasteiger partial charge in [-0.2, -0.15) is 18.3 Å². The van der Waals surface area contributed by atoms with Crippen molar-refractivity contribution >= 4 is 5.91 Å². The van der Waals surface area contributed by atoms with Crippen molar-refractivity contribution in [2.24, 2.45) is 0 Å². The van der Waals surface area contributed by atoms with Crippen molar-refractivity contribution in [3.63, 3.8) is 0 Å². The van der Waals surface area contributed by atoms with E-state index < -0.39 is 11.7 Å². The first-order valence-corrected chi connectivity index (χ1v) is 10.7. The summed E-state index contributed by atoms with van der Waals surface area (Å²) in [6.07, 6.45) is -1.70. The van der Waals surface area contributed by atoms with E-state index in [1.165, 1.54) is 16.9 Å². The van der Waals surface area contributed by atoms with E-state index in [4.69, 9.17) is 4.74 Å². The number of nitrogens with one attached hydrogen (secondary N) is 1. The number of rotatable bonds is 9. The van der Waals surface area contributed by atoms with E-state index in [0.29, 0.717) is 30.8 Å². The largest absolute Gasteiger partial charge is 0.417 e. The highest BCUT2D eigenvalue weighted by Crippen LogP contribution is 2.29. The summed E-state index contributed by atoms with van der Waals surface area (Å²) in [6.45, 7) is 6.65. The number of benzene rings is 1. The predicted octanol–water partition coefficient (Wildman–Crippen LogP) is 5.31. The summed E-state index contributed by atoms with van der Waals surface area (Å²) in [5, 5.41) is 7.07. The Morgan fingerprint density at radius 2 is 1.82 bits per heavy atom. The summed E-state index contributed by atoms with van der Waals surface area (Å²) in [5.41, 5.74) is 1.19. The van der Waals surface area contributed by atoms with Crippen molar-refractivity contribution in [2.75, 3.05) is 13.2 Å². The first-order valence-electron chi connectivity index (χ1n) is 10.7. The summed E-state index contributed by atoms with van der Waals surface area (Å²) >= 11 is 0. The molecule has 3 aromatic rings. The molecule has 1 atom stereocenters. The maximum atomic E-state index is 12.8. The van der Waals surface area contributed by atoms with Gasteiger partial charge in [0.15, 0.2) is 5.82 Å². The molecular formula is C24H27F3N4O2. The molecule has 1 unspecified atom stereocenters. The van der Waals surface area contributed by atoms with Gasteiger partial charge in [-0.25, -0.2) is 9.67 Å². The first kappa shape index (κ1) is 24.4. The number of nitrogens with zero attached hydrogens (tertiary/aromatic N) is 3. The van der Waals surface area contributed by atoms with Crippen LogP contribution in [0.2, 0.25) is 0 Å². The molecule has 3 rings (SSSR count). The highest BCUT2D eigenvalue weighted by molar-refractivity contribution is 5.95. The average Bonchev–Trinajstić information content (AvgIpc) is 3.24. The third-order valence-electron chi connectivity index (χ3n) is 5.13. The molecular weight excluding hydrogens is 433 g/mol. The van der Waals surface area contributed by atoms with Gasteiger partial charge in [0.1, 0.15) is 0 Å².